The summed E-state index contributed by atoms with van der Waals surface area (Å²) >= 11 is 0. The highest BCUT2D eigenvalue weighted by Gasteiger charge is 2.20. The fourth-order valence-corrected chi connectivity index (χ4v) is 3.19. The van der Waals surface area contributed by atoms with Gasteiger partial charge in [-0.05, 0) is 25.8 Å². The molecular weight excluding hydrogens is 200 g/mol. The van der Waals surface area contributed by atoms with E-state index >= 15 is 0 Å². The van der Waals surface area contributed by atoms with Crippen molar-refractivity contribution in [2.75, 3.05) is 31.9 Å². The van der Waals surface area contributed by atoms with Gasteiger partial charge in [-0.25, -0.2) is 12.7 Å². The van der Waals surface area contributed by atoms with Crippen LogP contribution < -0.4 is 5.32 Å². The molecular formula is C9H20N2O2S. The Labute approximate surface area is 86.7 Å². The zero-order valence-corrected chi connectivity index (χ0v) is 9.65. The topological polar surface area (TPSA) is 49.4 Å². The largest absolute Gasteiger partial charge is 0.315 e. The Morgan fingerprint density at radius 2 is 2.00 bits per heavy atom. The first-order chi connectivity index (χ1) is 6.67. The number of sulfonamides is 1. The first-order valence-corrected chi connectivity index (χ1v) is 6.96. The normalized spacial score (nSPS) is 21.5. The Morgan fingerprint density at radius 1 is 1.21 bits per heavy atom. The van der Waals surface area contributed by atoms with Gasteiger partial charge in [-0.1, -0.05) is 6.92 Å². The molecule has 84 valence electrons. The molecule has 0 saturated carbocycles. The Bertz CT molecular complexity index is 244. The van der Waals surface area contributed by atoms with E-state index in [1.54, 1.807) is 4.31 Å². The van der Waals surface area contributed by atoms with Crippen LogP contribution in [0.4, 0.5) is 0 Å². The highest BCUT2D eigenvalue weighted by molar-refractivity contribution is 7.89. The van der Waals surface area contributed by atoms with Crippen LogP contribution in [0.15, 0.2) is 0 Å². The molecule has 1 aliphatic rings. The van der Waals surface area contributed by atoms with Crippen LogP contribution in [0.1, 0.15) is 26.2 Å². The Hall–Kier alpha value is -0.130. The van der Waals surface area contributed by atoms with Crippen molar-refractivity contribution in [1.29, 1.82) is 0 Å². The summed E-state index contributed by atoms with van der Waals surface area (Å²) in [5, 5.41) is 3.23. The maximum Gasteiger partial charge on any atom is 0.214 e. The van der Waals surface area contributed by atoms with Gasteiger partial charge in [-0.3, -0.25) is 0 Å². The van der Waals surface area contributed by atoms with Crippen molar-refractivity contribution in [2.24, 2.45) is 0 Å². The first kappa shape index (κ1) is 11.9. The molecule has 0 amide bonds. The summed E-state index contributed by atoms with van der Waals surface area (Å²) in [6, 6.07) is 0. The predicted molar refractivity (Wildman–Crippen MR) is 57.8 cm³/mol. The van der Waals surface area contributed by atoms with Crippen molar-refractivity contribution in [3.05, 3.63) is 0 Å². The van der Waals surface area contributed by atoms with Crippen LogP contribution in [0.5, 0.6) is 0 Å². The Morgan fingerprint density at radius 3 is 2.71 bits per heavy atom. The average Bonchev–Trinajstić information content (AvgIpc) is 2.01. The van der Waals surface area contributed by atoms with Crippen LogP contribution in [0.25, 0.3) is 0 Å². The van der Waals surface area contributed by atoms with Crippen LogP contribution in [0.3, 0.4) is 0 Å². The minimum absolute atomic E-state index is 0.285. The molecule has 0 aromatic heterocycles. The average molecular weight is 220 g/mol. The summed E-state index contributed by atoms with van der Waals surface area (Å²) < 4.78 is 25.1. The van der Waals surface area contributed by atoms with Gasteiger partial charge >= 0.3 is 0 Å². The van der Waals surface area contributed by atoms with E-state index in [-0.39, 0.29) is 5.75 Å². The van der Waals surface area contributed by atoms with E-state index in [1.165, 1.54) is 0 Å². The molecule has 1 saturated heterocycles. The van der Waals surface area contributed by atoms with E-state index in [4.69, 9.17) is 0 Å². The number of hydrogen-bond donors (Lipinski definition) is 1. The first-order valence-electron chi connectivity index (χ1n) is 5.35. The molecule has 0 aromatic rings. The highest BCUT2D eigenvalue weighted by Crippen LogP contribution is 2.06. The van der Waals surface area contributed by atoms with Gasteiger partial charge in [-0.15, -0.1) is 0 Å². The molecule has 1 N–H and O–H groups in total. The summed E-state index contributed by atoms with van der Waals surface area (Å²) in [6.45, 7) is 5.02. The van der Waals surface area contributed by atoms with Gasteiger partial charge in [0, 0.05) is 19.6 Å². The second-order valence-corrected chi connectivity index (χ2v) is 5.76. The second-order valence-electron chi connectivity index (χ2n) is 3.67. The Kier molecular flexibility index (Phi) is 4.84. The van der Waals surface area contributed by atoms with E-state index in [9.17, 15) is 8.42 Å². The number of nitrogens with one attached hydrogen (secondary N) is 1. The summed E-state index contributed by atoms with van der Waals surface area (Å²) in [5.41, 5.74) is 0. The van der Waals surface area contributed by atoms with Crippen molar-refractivity contribution in [3.63, 3.8) is 0 Å². The van der Waals surface area contributed by atoms with Crippen LogP contribution >= 0.6 is 0 Å². The fourth-order valence-electron chi connectivity index (χ4n) is 1.64. The molecule has 0 aliphatic carbocycles. The second kappa shape index (κ2) is 5.68. The number of rotatable bonds is 3. The molecule has 1 rings (SSSR count). The predicted octanol–water partition coefficient (Wildman–Crippen LogP) is 0.412. The van der Waals surface area contributed by atoms with Gasteiger partial charge in [0.15, 0.2) is 0 Å². The number of hydrogen-bond acceptors (Lipinski definition) is 3. The van der Waals surface area contributed by atoms with E-state index in [2.05, 4.69) is 5.32 Å². The lowest BCUT2D eigenvalue weighted by molar-refractivity contribution is 0.372. The zero-order chi connectivity index (χ0) is 10.4. The lowest BCUT2D eigenvalue weighted by atomic mass is 10.3. The molecule has 4 nitrogen and oxygen atoms in total. The lowest BCUT2D eigenvalue weighted by Crippen LogP contribution is -2.40. The molecule has 0 bridgehead atoms. The highest BCUT2D eigenvalue weighted by atomic mass is 32.2. The number of nitrogens with zero attached hydrogens (tertiary/aromatic N) is 1. The van der Waals surface area contributed by atoms with Crippen LogP contribution in [0, 0.1) is 0 Å². The van der Waals surface area contributed by atoms with E-state index < -0.39 is 10.0 Å². The third-order valence-electron chi connectivity index (χ3n) is 2.40. The van der Waals surface area contributed by atoms with Crippen molar-refractivity contribution in [1.82, 2.24) is 9.62 Å². The third-order valence-corrected chi connectivity index (χ3v) is 4.48. The molecule has 0 spiro atoms. The molecule has 0 unspecified atom stereocenters. The third kappa shape index (κ3) is 3.55. The molecule has 1 aliphatic heterocycles. The molecule has 1 heterocycles. The summed E-state index contributed by atoms with van der Waals surface area (Å²) in [6.07, 6.45) is 2.74. The molecule has 0 atom stereocenters. The van der Waals surface area contributed by atoms with E-state index in [1.807, 2.05) is 6.92 Å². The Balaban J connectivity index is 2.54. The zero-order valence-electron chi connectivity index (χ0n) is 8.83. The van der Waals surface area contributed by atoms with E-state index in [0.29, 0.717) is 19.5 Å². The summed E-state index contributed by atoms with van der Waals surface area (Å²) in [4.78, 5) is 0. The van der Waals surface area contributed by atoms with Gasteiger partial charge in [0.2, 0.25) is 10.0 Å². The standard InChI is InChI=1S/C9H20N2O2S/c1-2-9-14(12,13)11-7-4-3-5-10-6-8-11/h10H,2-9H2,1H3. The van der Waals surface area contributed by atoms with Crippen LogP contribution in [-0.4, -0.2) is 44.7 Å². The molecule has 0 radical (unpaired) electrons. The SMILES string of the molecule is CCCS(=O)(=O)N1CCCCNCC1. The summed E-state index contributed by atoms with van der Waals surface area (Å²) in [7, 11) is -2.98. The van der Waals surface area contributed by atoms with Crippen LogP contribution in [-0.2, 0) is 10.0 Å². The summed E-state index contributed by atoms with van der Waals surface area (Å²) in [5.74, 6) is 0.285. The van der Waals surface area contributed by atoms with Gasteiger partial charge in [0.1, 0.15) is 0 Å². The van der Waals surface area contributed by atoms with Crippen molar-refractivity contribution >= 4 is 10.0 Å². The maximum atomic E-state index is 11.7. The van der Waals surface area contributed by atoms with Gasteiger partial charge < -0.3 is 5.32 Å². The van der Waals surface area contributed by atoms with Crippen molar-refractivity contribution in [2.45, 2.75) is 26.2 Å². The minimum Gasteiger partial charge on any atom is -0.315 e. The quantitative estimate of drug-likeness (QED) is 0.749. The van der Waals surface area contributed by atoms with Gasteiger partial charge in [-0.2, -0.15) is 0 Å². The van der Waals surface area contributed by atoms with Gasteiger partial charge in [0.25, 0.3) is 0 Å². The van der Waals surface area contributed by atoms with Crippen LogP contribution in [0.2, 0.25) is 0 Å². The lowest BCUT2D eigenvalue weighted by Gasteiger charge is -2.24. The maximum absolute atomic E-state index is 11.7. The molecule has 5 heteroatoms. The fraction of sp³-hybridized carbons (Fsp3) is 1.00. The van der Waals surface area contributed by atoms with E-state index in [0.717, 1.165) is 25.9 Å². The van der Waals surface area contributed by atoms with Gasteiger partial charge in [0.05, 0.1) is 5.75 Å². The molecule has 0 aromatic carbocycles. The monoisotopic (exact) mass is 220 g/mol. The smallest absolute Gasteiger partial charge is 0.214 e. The molecule has 14 heavy (non-hydrogen) atoms. The van der Waals surface area contributed by atoms with Crippen molar-refractivity contribution in [3.8, 4) is 0 Å². The van der Waals surface area contributed by atoms with Crippen molar-refractivity contribution < 1.29 is 8.42 Å². The molecule has 1 fully saturated rings. The minimum atomic E-state index is -2.98.